The number of hydrogen-bond acceptors (Lipinski definition) is 5. The lowest BCUT2D eigenvalue weighted by Gasteiger charge is -2.22. The van der Waals surface area contributed by atoms with Gasteiger partial charge in [-0.05, 0) is 50.6 Å². The molecule has 2 amide bonds. The molecule has 0 radical (unpaired) electrons. The smallest absolute Gasteiger partial charge is 0.277 e. The maximum absolute atomic E-state index is 12.6. The zero-order valence-electron chi connectivity index (χ0n) is 16.9. The molecule has 0 spiro atoms. The Labute approximate surface area is 165 Å². The summed E-state index contributed by atoms with van der Waals surface area (Å²) < 4.78 is 1.78. The Hall–Kier alpha value is -2.74. The van der Waals surface area contributed by atoms with Crippen LogP contribution in [0.4, 0.5) is 11.4 Å². The number of nitrogens with zero attached hydrogens (tertiary/aromatic N) is 3. The van der Waals surface area contributed by atoms with Gasteiger partial charge in [0.25, 0.3) is 5.91 Å². The van der Waals surface area contributed by atoms with Gasteiger partial charge in [0, 0.05) is 16.8 Å². The molecule has 1 aliphatic rings. The number of hydrogen-bond donors (Lipinski definition) is 3. The van der Waals surface area contributed by atoms with E-state index in [1.54, 1.807) is 16.9 Å². The Bertz CT molecular complexity index is 862. The largest absolute Gasteiger partial charge is 0.326 e. The van der Waals surface area contributed by atoms with Gasteiger partial charge in [0.2, 0.25) is 5.91 Å². The van der Waals surface area contributed by atoms with Gasteiger partial charge in [-0.2, -0.15) is 0 Å². The molecule has 1 aromatic carbocycles. The quantitative estimate of drug-likeness (QED) is 0.752. The van der Waals surface area contributed by atoms with E-state index in [-0.39, 0.29) is 23.6 Å². The number of anilines is 2. The summed E-state index contributed by atoms with van der Waals surface area (Å²) >= 11 is 0. The van der Waals surface area contributed by atoms with E-state index in [0.29, 0.717) is 11.4 Å². The summed E-state index contributed by atoms with van der Waals surface area (Å²) in [5.74, 6) is -0.402. The number of carbonyl (C=O) groups excluding carboxylic acids is 2. The lowest BCUT2D eigenvalue weighted by atomic mass is 9.95. The van der Waals surface area contributed by atoms with Crippen molar-refractivity contribution in [3.63, 3.8) is 0 Å². The molecule has 0 bridgehead atoms. The van der Waals surface area contributed by atoms with Crippen molar-refractivity contribution in [1.29, 1.82) is 0 Å². The van der Waals surface area contributed by atoms with Gasteiger partial charge in [-0.25, -0.2) is 4.68 Å². The Morgan fingerprint density at radius 3 is 2.57 bits per heavy atom. The molecule has 150 valence electrons. The zero-order valence-corrected chi connectivity index (χ0v) is 16.9. The van der Waals surface area contributed by atoms with Gasteiger partial charge in [-0.15, -0.1) is 5.10 Å². The van der Waals surface area contributed by atoms with Gasteiger partial charge < -0.3 is 16.0 Å². The second-order valence-corrected chi connectivity index (χ2v) is 8.25. The van der Waals surface area contributed by atoms with Crippen molar-refractivity contribution in [3.8, 4) is 0 Å². The molecular weight excluding hydrogens is 356 g/mol. The summed E-state index contributed by atoms with van der Waals surface area (Å²) in [4.78, 5) is 24.8. The number of aromatic nitrogens is 3. The van der Waals surface area contributed by atoms with Crippen LogP contribution in [0.2, 0.25) is 0 Å². The number of carbonyl (C=O) groups is 2. The topological polar surface area (TPSA) is 101 Å². The van der Waals surface area contributed by atoms with Gasteiger partial charge in [0.05, 0.1) is 12.2 Å². The molecule has 28 heavy (non-hydrogen) atoms. The van der Waals surface area contributed by atoms with Crippen molar-refractivity contribution < 1.29 is 9.59 Å². The molecule has 2 aromatic rings. The van der Waals surface area contributed by atoms with Crippen LogP contribution in [-0.2, 0) is 4.79 Å². The van der Waals surface area contributed by atoms with E-state index < -0.39 is 5.41 Å². The van der Waals surface area contributed by atoms with Crippen molar-refractivity contribution in [3.05, 3.63) is 35.7 Å². The fourth-order valence-corrected chi connectivity index (χ4v) is 2.97. The van der Waals surface area contributed by atoms with E-state index in [9.17, 15) is 9.59 Å². The van der Waals surface area contributed by atoms with E-state index in [1.807, 2.05) is 39.8 Å². The van der Waals surface area contributed by atoms with E-state index in [4.69, 9.17) is 0 Å². The predicted molar refractivity (Wildman–Crippen MR) is 108 cm³/mol. The second kappa shape index (κ2) is 8.10. The number of amides is 2. The van der Waals surface area contributed by atoms with Crippen LogP contribution in [0.25, 0.3) is 0 Å². The molecule has 0 unspecified atom stereocenters. The van der Waals surface area contributed by atoms with E-state index in [0.717, 1.165) is 31.5 Å². The molecule has 1 saturated heterocycles. The predicted octanol–water partition coefficient (Wildman–Crippen LogP) is 2.75. The van der Waals surface area contributed by atoms with Crippen LogP contribution < -0.4 is 16.0 Å². The van der Waals surface area contributed by atoms with Gasteiger partial charge in [0.15, 0.2) is 5.69 Å². The molecule has 8 nitrogen and oxygen atoms in total. The normalized spacial score (nSPS) is 15.3. The average molecular weight is 384 g/mol. The van der Waals surface area contributed by atoms with Crippen LogP contribution >= 0.6 is 0 Å². The summed E-state index contributed by atoms with van der Waals surface area (Å²) in [6, 6.07) is 5.71. The number of benzene rings is 1. The highest BCUT2D eigenvalue weighted by atomic mass is 16.2. The highest BCUT2D eigenvalue weighted by Crippen LogP contribution is 2.24. The van der Waals surface area contributed by atoms with Crippen LogP contribution in [0.15, 0.2) is 24.4 Å². The summed E-state index contributed by atoms with van der Waals surface area (Å²) in [6.45, 7) is 9.34. The van der Waals surface area contributed by atoms with Crippen LogP contribution in [0, 0.1) is 12.3 Å². The first-order valence-corrected chi connectivity index (χ1v) is 9.60. The van der Waals surface area contributed by atoms with Crippen molar-refractivity contribution in [2.24, 2.45) is 5.41 Å². The maximum Gasteiger partial charge on any atom is 0.277 e. The first-order chi connectivity index (χ1) is 13.2. The fraction of sp³-hybridized carbons (Fsp3) is 0.500. The molecule has 1 fully saturated rings. The van der Waals surface area contributed by atoms with Crippen molar-refractivity contribution >= 4 is 23.2 Å². The summed E-state index contributed by atoms with van der Waals surface area (Å²) in [7, 11) is 0. The number of nitrogens with one attached hydrogen (secondary N) is 3. The van der Waals surface area contributed by atoms with Crippen LogP contribution in [-0.4, -0.2) is 39.9 Å². The van der Waals surface area contributed by atoms with Crippen molar-refractivity contribution in [1.82, 2.24) is 20.3 Å². The second-order valence-electron chi connectivity index (χ2n) is 8.25. The van der Waals surface area contributed by atoms with Gasteiger partial charge in [-0.3, -0.25) is 9.59 Å². The third kappa shape index (κ3) is 4.75. The summed E-state index contributed by atoms with van der Waals surface area (Å²) in [6.07, 6.45) is 3.64. The Balaban J connectivity index is 1.70. The van der Waals surface area contributed by atoms with E-state index in [2.05, 4.69) is 26.3 Å². The minimum atomic E-state index is -0.499. The minimum Gasteiger partial charge on any atom is -0.326 e. The van der Waals surface area contributed by atoms with E-state index >= 15 is 0 Å². The first kappa shape index (κ1) is 20.0. The molecule has 0 atom stereocenters. The Kier molecular flexibility index (Phi) is 5.79. The SMILES string of the molecule is Cc1ccc(NC(=O)C(C)(C)C)cc1NC(=O)c1cn(C2CCNCC2)nn1. The molecule has 0 aliphatic carbocycles. The fourth-order valence-electron chi connectivity index (χ4n) is 2.97. The van der Waals surface area contributed by atoms with Crippen LogP contribution in [0.3, 0.4) is 0 Å². The Morgan fingerprint density at radius 1 is 1.18 bits per heavy atom. The Morgan fingerprint density at radius 2 is 1.89 bits per heavy atom. The highest BCUT2D eigenvalue weighted by Gasteiger charge is 2.22. The number of aryl methyl sites for hydroxylation is 1. The summed E-state index contributed by atoms with van der Waals surface area (Å²) in [5, 5.41) is 17.2. The van der Waals surface area contributed by atoms with Gasteiger partial charge >= 0.3 is 0 Å². The lowest BCUT2D eigenvalue weighted by Crippen LogP contribution is -2.29. The molecule has 2 heterocycles. The third-order valence-corrected chi connectivity index (χ3v) is 4.85. The molecule has 0 saturated carbocycles. The molecule has 3 rings (SSSR count). The molecule has 1 aliphatic heterocycles. The molecular formula is C20H28N6O2. The molecule has 3 N–H and O–H groups in total. The zero-order chi connectivity index (χ0) is 20.3. The lowest BCUT2D eigenvalue weighted by molar-refractivity contribution is -0.123. The summed E-state index contributed by atoms with van der Waals surface area (Å²) in [5.41, 5.74) is 1.95. The van der Waals surface area contributed by atoms with Crippen LogP contribution in [0.1, 0.15) is 55.7 Å². The average Bonchev–Trinajstić information content (AvgIpc) is 3.15. The van der Waals surface area contributed by atoms with Gasteiger partial charge in [0.1, 0.15) is 0 Å². The van der Waals surface area contributed by atoms with Crippen molar-refractivity contribution in [2.75, 3.05) is 23.7 Å². The number of piperidine rings is 1. The van der Waals surface area contributed by atoms with E-state index in [1.165, 1.54) is 0 Å². The highest BCUT2D eigenvalue weighted by molar-refractivity contribution is 6.03. The molecule has 1 aromatic heterocycles. The third-order valence-electron chi connectivity index (χ3n) is 4.85. The monoisotopic (exact) mass is 384 g/mol. The number of rotatable bonds is 4. The minimum absolute atomic E-state index is 0.0847. The standard InChI is InChI=1S/C20H28N6O2/c1-13-5-6-14(22-19(28)20(2,3)4)11-16(13)23-18(27)17-12-26(25-24-17)15-7-9-21-10-8-15/h5-6,11-12,15,21H,7-10H2,1-4H3,(H,22,28)(H,23,27). The first-order valence-electron chi connectivity index (χ1n) is 9.60. The maximum atomic E-state index is 12.6. The van der Waals surface area contributed by atoms with Crippen LogP contribution in [0.5, 0.6) is 0 Å². The van der Waals surface area contributed by atoms with Gasteiger partial charge in [-0.1, -0.05) is 32.1 Å². The van der Waals surface area contributed by atoms with Crippen molar-refractivity contribution in [2.45, 2.75) is 46.6 Å². The molecule has 8 heteroatoms.